The zero-order valence-electron chi connectivity index (χ0n) is 12.2. The molecule has 0 aliphatic heterocycles. The third-order valence-electron chi connectivity index (χ3n) is 3.60. The Morgan fingerprint density at radius 2 is 2.05 bits per heavy atom. The molecule has 19 heavy (non-hydrogen) atoms. The molecule has 0 spiro atoms. The highest BCUT2D eigenvalue weighted by Gasteiger charge is 2.12. The maximum Gasteiger partial charge on any atom is 0.0484 e. The smallest absolute Gasteiger partial charge is 0.0484 e. The first-order valence-electron chi connectivity index (χ1n) is 7.09. The van der Waals surface area contributed by atoms with Crippen molar-refractivity contribution >= 4 is 16.5 Å². The molecule has 0 aliphatic carbocycles. The molecule has 2 heteroatoms. The zero-order valence-corrected chi connectivity index (χ0v) is 12.2. The minimum absolute atomic E-state index is 0.531. The Hall–Kier alpha value is -1.54. The van der Waals surface area contributed by atoms with Gasteiger partial charge in [-0.2, -0.15) is 0 Å². The molecular formula is C17H24N2. The normalized spacial score (nSPS) is 12.6. The molecule has 0 saturated heterocycles. The van der Waals surface area contributed by atoms with E-state index in [4.69, 9.17) is 5.73 Å². The number of fused-ring (bicyclic) bond motifs is 1. The van der Waals surface area contributed by atoms with E-state index in [1.54, 1.807) is 0 Å². The van der Waals surface area contributed by atoms with Crippen molar-refractivity contribution in [2.75, 3.05) is 6.54 Å². The molecule has 102 valence electrons. The molecule has 0 amide bonds. The summed E-state index contributed by atoms with van der Waals surface area (Å²) < 4.78 is 2.21. The highest BCUT2D eigenvalue weighted by atomic mass is 14.9. The maximum atomic E-state index is 5.59. The number of aromatic nitrogens is 1. The summed E-state index contributed by atoms with van der Waals surface area (Å²) in [7, 11) is 2.11. The van der Waals surface area contributed by atoms with Gasteiger partial charge in [0.1, 0.15) is 0 Å². The van der Waals surface area contributed by atoms with Crippen LogP contribution in [0.25, 0.3) is 16.5 Å². The Morgan fingerprint density at radius 3 is 2.74 bits per heavy atom. The first-order valence-corrected chi connectivity index (χ1v) is 7.09. The van der Waals surface area contributed by atoms with E-state index >= 15 is 0 Å². The first kappa shape index (κ1) is 13.9. The van der Waals surface area contributed by atoms with Crippen LogP contribution in [0, 0.1) is 5.92 Å². The van der Waals surface area contributed by atoms with Crippen LogP contribution in [0.15, 0.2) is 36.5 Å². The van der Waals surface area contributed by atoms with Gasteiger partial charge in [-0.05, 0) is 36.9 Å². The Morgan fingerprint density at radius 1 is 1.32 bits per heavy atom. The van der Waals surface area contributed by atoms with Crippen molar-refractivity contribution in [3.8, 4) is 0 Å². The number of unbranched alkanes of at least 4 members (excludes halogenated alkanes) is 1. The zero-order chi connectivity index (χ0) is 13.8. The number of para-hydroxylation sites is 1. The number of benzene rings is 1. The van der Waals surface area contributed by atoms with Gasteiger partial charge in [-0.3, -0.25) is 0 Å². The third kappa shape index (κ3) is 2.90. The van der Waals surface area contributed by atoms with Gasteiger partial charge >= 0.3 is 0 Å². The van der Waals surface area contributed by atoms with Crippen LogP contribution >= 0.6 is 0 Å². The maximum absolute atomic E-state index is 5.59. The van der Waals surface area contributed by atoms with Crippen molar-refractivity contribution < 1.29 is 0 Å². The predicted molar refractivity (Wildman–Crippen MR) is 84.0 cm³/mol. The molecule has 2 nitrogen and oxygen atoms in total. The number of hydrogen-bond donors (Lipinski definition) is 1. The molecule has 1 aromatic heterocycles. The lowest BCUT2D eigenvalue weighted by Crippen LogP contribution is -1.98. The van der Waals surface area contributed by atoms with Gasteiger partial charge in [-0.25, -0.2) is 0 Å². The minimum Gasteiger partial charge on any atom is -0.350 e. The molecule has 0 atom stereocenters. The Balaban J connectivity index is 2.48. The van der Waals surface area contributed by atoms with Gasteiger partial charge in [-0.15, -0.1) is 0 Å². The topological polar surface area (TPSA) is 30.9 Å². The monoisotopic (exact) mass is 256 g/mol. The molecule has 0 aliphatic rings. The van der Waals surface area contributed by atoms with Crippen LogP contribution in [0.2, 0.25) is 0 Å². The molecule has 1 aromatic carbocycles. The van der Waals surface area contributed by atoms with Crippen molar-refractivity contribution in [3.63, 3.8) is 0 Å². The van der Waals surface area contributed by atoms with Crippen molar-refractivity contribution in [2.24, 2.45) is 18.7 Å². The molecule has 0 unspecified atom stereocenters. The summed E-state index contributed by atoms with van der Waals surface area (Å²) in [6, 6.07) is 8.60. The lowest BCUT2D eigenvalue weighted by atomic mass is 9.93. The van der Waals surface area contributed by atoms with Crippen LogP contribution in [0.4, 0.5) is 0 Å². The second-order valence-corrected chi connectivity index (χ2v) is 5.42. The van der Waals surface area contributed by atoms with Crippen molar-refractivity contribution in [3.05, 3.63) is 42.1 Å². The largest absolute Gasteiger partial charge is 0.350 e. The fraction of sp³-hybridized carbons (Fsp3) is 0.412. The first-order chi connectivity index (χ1) is 9.15. The van der Waals surface area contributed by atoms with E-state index in [2.05, 4.69) is 62.0 Å². The number of aryl methyl sites for hydroxylation is 1. The van der Waals surface area contributed by atoms with Crippen molar-refractivity contribution in [1.82, 2.24) is 4.57 Å². The van der Waals surface area contributed by atoms with Gasteiger partial charge < -0.3 is 10.3 Å². The summed E-state index contributed by atoms with van der Waals surface area (Å²) in [6.45, 7) is 5.28. The summed E-state index contributed by atoms with van der Waals surface area (Å²) in [4.78, 5) is 0. The van der Waals surface area contributed by atoms with Crippen molar-refractivity contribution in [2.45, 2.75) is 26.7 Å². The number of allylic oxidation sites excluding steroid dienone is 2. The van der Waals surface area contributed by atoms with Gasteiger partial charge in [-0.1, -0.05) is 38.1 Å². The average molecular weight is 256 g/mol. The highest BCUT2D eigenvalue weighted by Crippen LogP contribution is 2.31. The molecule has 0 saturated carbocycles. The summed E-state index contributed by atoms with van der Waals surface area (Å²) in [5.41, 5.74) is 9.69. The third-order valence-corrected chi connectivity index (χ3v) is 3.60. The lowest BCUT2D eigenvalue weighted by molar-refractivity contribution is 0.823. The second-order valence-electron chi connectivity index (χ2n) is 5.42. The summed E-state index contributed by atoms with van der Waals surface area (Å²) in [5.74, 6) is 0.531. The van der Waals surface area contributed by atoms with E-state index in [1.807, 2.05) is 0 Å². The molecule has 0 radical (unpaired) electrons. The quantitative estimate of drug-likeness (QED) is 0.807. The average Bonchev–Trinajstić information content (AvgIpc) is 2.72. The van der Waals surface area contributed by atoms with Crippen LogP contribution < -0.4 is 5.73 Å². The molecule has 2 N–H and O–H groups in total. The number of nitrogens with zero attached hydrogens (tertiary/aromatic N) is 1. The van der Waals surface area contributed by atoms with Crippen LogP contribution in [0.1, 0.15) is 32.3 Å². The Bertz CT molecular complexity index is 576. The highest BCUT2D eigenvalue weighted by molar-refractivity contribution is 5.93. The van der Waals surface area contributed by atoms with E-state index in [0.717, 1.165) is 19.4 Å². The van der Waals surface area contributed by atoms with E-state index in [9.17, 15) is 0 Å². The molecule has 0 fully saturated rings. The summed E-state index contributed by atoms with van der Waals surface area (Å²) in [5, 5.41) is 1.35. The van der Waals surface area contributed by atoms with Gasteiger partial charge in [0, 0.05) is 29.7 Å². The molecular weight excluding hydrogens is 232 g/mol. The van der Waals surface area contributed by atoms with E-state index in [0.29, 0.717) is 5.92 Å². The lowest BCUT2D eigenvalue weighted by Gasteiger charge is -2.11. The Kier molecular flexibility index (Phi) is 4.43. The van der Waals surface area contributed by atoms with Crippen LogP contribution in [-0.2, 0) is 7.05 Å². The summed E-state index contributed by atoms with van der Waals surface area (Å²) in [6.07, 6.45) is 6.73. The number of nitrogens with two attached hydrogens (primary N) is 1. The van der Waals surface area contributed by atoms with Crippen LogP contribution in [-0.4, -0.2) is 11.1 Å². The standard InChI is InChI=1S/C17H24N2/c1-13(2)14(8-6-7-11-18)16-12-19(3)17-10-5-4-9-15(16)17/h4-5,8-10,12-13H,6-7,11,18H2,1-3H3/b14-8+. The van der Waals surface area contributed by atoms with Gasteiger partial charge in [0.2, 0.25) is 0 Å². The number of hydrogen-bond acceptors (Lipinski definition) is 1. The predicted octanol–water partition coefficient (Wildman–Crippen LogP) is 3.96. The molecule has 0 bridgehead atoms. The van der Waals surface area contributed by atoms with Gasteiger partial charge in [0.15, 0.2) is 0 Å². The van der Waals surface area contributed by atoms with Gasteiger partial charge in [0.25, 0.3) is 0 Å². The molecule has 2 rings (SSSR count). The minimum atomic E-state index is 0.531. The fourth-order valence-electron chi connectivity index (χ4n) is 2.60. The molecule has 2 aromatic rings. The number of rotatable bonds is 5. The molecule has 1 heterocycles. The summed E-state index contributed by atoms with van der Waals surface area (Å²) >= 11 is 0. The van der Waals surface area contributed by atoms with Crippen LogP contribution in [0.5, 0.6) is 0 Å². The second kappa shape index (κ2) is 6.07. The van der Waals surface area contributed by atoms with E-state index in [1.165, 1.54) is 22.0 Å². The van der Waals surface area contributed by atoms with E-state index in [-0.39, 0.29) is 0 Å². The van der Waals surface area contributed by atoms with Gasteiger partial charge in [0.05, 0.1) is 0 Å². The van der Waals surface area contributed by atoms with Crippen molar-refractivity contribution in [1.29, 1.82) is 0 Å². The van der Waals surface area contributed by atoms with E-state index < -0.39 is 0 Å². The Labute approximate surface area is 115 Å². The fourth-order valence-corrected chi connectivity index (χ4v) is 2.60. The SMILES string of the molecule is CC(C)/C(=C\CCCN)c1cn(C)c2ccccc12. The van der Waals surface area contributed by atoms with Crippen LogP contribution in [0.3, 0.4) is 0 Å².